The Kier molecular flexibility index (Phi) is 4.97. The third-order valence-corrected chi connectivity index (χ3v) is 4.14. The van der Waals surface area contributed by atoms with Gasteiger partial charge in [0.2, 0.25) is 5.91 Å². The number of nitrogens with one attached hydrogen (secondary N) is 1. The second-order valence-electron chi connectivity index (χ2n) is 6.09. The van der Waals surface area contributed by atoms with Crippen molar-refractivity contribution < 1.29 is 9.18 Å². The van der Waals surface area contributed by atoms with Crippen molar-refractivity contribution in [1.29, 1.82) is 5.26 Å². The topological polar surface area (TPSA) is 52.9 Å². The molecule has 1 aromatic carbocycles. The minimum atomic E-state index is -0.326. The fraction of sp³-hybridized carbons (Fsp3) is 0.222. The molecule has 0 saturated carbocycles. The summed E-state index contributed by atoms with van der Waals surface area (Å²) in [6.07, 6.45) is 2.96. The second-order valence-corrected chi connectivity index (χ2v) is 6.97. The van der Waals surface area contributed by atoms with E-state index in [2.05, 4.69) is 11.4 Å². The Morgan fingerprint density at radius 2 is 1.96 bits per heavy atom. The Hall–Kier alpha value is -2.45. The van der Waals surface area contributed by atoms with E-state index in [1.165, 1.54) is 29.5 Å². The summed E-state index contributed by atoms with van der Waals surface area (Å²) in [5.74, 6) is -0.647. The molecule has 0 aliphatic rings. The summed E-state index contributed by atoms with van der Waals surface area (Å²) in [5, 5.41) is 14.5. The molecule has 1 aromatic heterocycles. The number of carbonyl (C=O) groups excluding carboxylic acids is 1. The predicted octanol–water partition coefficient (Wildman–Crippen LogP) is 4.71. The third kappa shape index (κ3) is 4.27. The van der Waals surface area contributed by atoms with Gasteiger partial charge in [0.05, 0.1) is 5.56 Å². The number of thiophene rings is 1. The van der Waals surface area contributed by atoms with Crippen LogP contribution in [0.25, 0.3) is 6.08 Å². The molecular weight excluding hydrogens is 311 g/mol. The molecule has 0 radical (unpaired) electrons. The van der Waals surface area contributed by atoms with Gasteiger partial charge >= 0.3 is 0 Å². The Morgan fingerprint density at radius 1 is 1.30 bits per heavy atom. The van der Waals surface area contributed by atoms with Crippen molar-refractivity contribution in [1.82, 2.24) is 0 Å². The summed E-state index contributed by atoms with van der Waals surface area (Å²) < 4.78 is 12.8. The van der Waals surface area contributed by atoms with Gasteiger partial charge in [-0.15, -0.1) is 11.3 Å². The number of hydrogen-bond donors (Lipinski definition) is 1. The molecule has 118 valence electrons. The van der Waals surface area contributed by atoms with E-state index in [-0.39, 0.29) is 17.1 Å². The lowest BCUT2D eigenvalue weighted by atomic mass is 9.86. The standard InChI is InChI=1S/C18H17FN2OS/c1-18(2,3)15-11-23-17(14(15)10-20)21-16(22)9-6-12-4-7-13(19)8-5-12/h4-9,11H,1-3H3,(H,21,22)/b9-6+. The average molecular weight is 328 g/mol. The molecule has 1 amide bonds. The molecule has 1 N–H and O–H groups in total. The van der Waals surface area contributed by atoms with Gasteiger partial charge in [-0.05, 0) is 40.1 Å². The molecule has 1 heterocycles. The summed E-state index contributed by atoms with van der Waals surface area (Å²) in [6.45, 7) is 6.07. The molecule has 0 atom stereocenters. The number of halogens is 1. The number of benzene rings is 1. The molecule has 23 heavy (non-hydrogen) atoms. The maximum absolute atomic E-state index is 12.8. The fourth-order valence-corrected chi connectivity index (χ4v) is 3.15. The minimum absolute atomic E-state index is 0.158. The maximum atomic E-state index is 12.8. The monoisotopic (exact) mass is 328 g/mol. The summed E-state index contributed by atoms with van der Waals surface area (Å²) in [4.78, 5) is 12.0. The number of nitrogens with zero attached hydrogens (tertiary/aromatic N) is 1. The summed E-state index contributed by atoms with van der Waals surface area (Å²) in [5.41, 5.74) is 1.99. The van der Waals surface area contributed by atoms with Crippen LogP contribution >= 0.6 is 11.3 Å². The van der Waals surface area contributed by atoms with E-state index in [0.717, 1.165) is 11.1 Å². The van der Waals surface area contributed by atoms with Gasteiger partial charge in [-0.25, -0.2) is 4.39 Å². The first kappa shape index (κ1) is 16.9. The second kappa shape index (κ2) is 6.76. The normalized spacial score (nSPS) is 11.4. The Balaban J connectivity index is 2.13. The summed E-state index contributed by atoms with van der Waals surface area (Å²) >= 11 is 1.34. The van der Waals surface area contributed by atoms with Crippen molar-refractivity contribution in [3.63, 3.8) is 0 Å². The van der Waals surface area contributed by atoms with Crippen LogP contribution < -0.4 is 5.32 Å². The lowest BCUT2D eigenvalue weighted by Gasteiger charge is -2.17. The van der Waals surface area contributed by atoms with Crippen LogP contribution in [0.2, 0.25) is 0 Å². The van der Waals surface area contributed by atoms with Crippen molar-refractivity contribution >= 4 is 28.3 Å². The van der Waals surface area contributed by atoms with Gasteiger partial charge in [-0.2, -0.15) is 5.26 Å². The largest absolute Gasteiger partial charge is 0.313 e. The quantitative estimate of drug-likeness (QED) is 0.830. The molecule has 0 spiro atoms. The third-order valence-electron chi connectivity index (χ3n) is 3.24. The van der Waals surface area contributed by atoms with Crippen molar-refractivity contribution in [3.05, 3.63) is 58.2 Å². The maximum Gasteiger partial charge on any atom is 0.249 e. The lowest BCUT2D eigenvalue weighted by Crippen LogP contribution is -2.13. The number of hydrogen-bond acceptors (Lipinski definition) is 3. The van der Waals surface area contributed by atoms with Gasteiger partial charge in [0.25, 0.3) is 0 Å². The molecular formula is C18H17FN2OS. The van der Waals surface area contributed by atoms with E-state index in [1.54, 1.807) is 18.2 Å². The SMILES string of the molecule is CC(C)(C)c1csc(NC(=O)/C=C/c2ccc(F)cc2)c1C#N. The van der Waals surface area contributed by atoms with E-state index in [4.69, 9.17) is 0 Å². The Labute approximate surface area is 139 Å². The smallest absolute Gasteiger partial charge is 0.249 e. The van der Waals surface area contributed by atoms with E-state index in [1.807, 2.05) is 26.2 Å². The Bertz CT molecular complexity index is 777. The van der Waals surface area contributed by atoms with Crippen LogP contribution in [-0.4, -0.2) is 5.91 Å². The van der Waals surface area contributed by atoms with Crippen LogP contribution in [0.3, 0.4) is 0 Å². The molecule has 2 aromatic rings. The van der Waals surface area contributed by atoms with Gasteiger partial charge in [-0.3, -0.25) is 4.79 Å². The first-order valence-electron chi connectivity index (χ1n) is 7.08. The van der Waals surface area contributed by atoms with Crippen LogP contribution in [0, 0.1) is 17.1 Å². The summed E-state index contributed by atoms with van der Waals surface area (Å²) in [6, 6.07) is 8.01. The minimum Gasteiger partial charge on any atom is -0.313 e. The van der Waals surface area contributed by atoms with E-state index < -0.39 is 0 Å². The predicted molar refractivity (Wildman–Crippen MR) is 91.8 cm³/mol. The molecule has 0 saturated heterocycles. The molecule has 0 aliphatic carbocycles. The van der Waals surface area contributed by atoms with Crippen molar-refractivity contribution in [2.75, 3.05) is 5.32 Å². The average Bonchev–Trinajstić information content (AvgIpc) is 2.89. The molecule has 0 aliphatic heterocycles. The van der Waals surface area contributed by atoms with Gasteiger partial charge in [0, 0.05) is 6.08 Å². The number of carbonyl (C=O) groups is 1. The van der Waals surface area contributed by atoms with Crippen molar-refractivity contribution in [2.24, 2.45) is 0 Å². The molecule has 0 bridgehead atoms. The molecule has 2 rings (SSSR count). The molecule has 5 heteroatoms. The fourth-order valence-electron chi connectivity index (χ4n) is 2.01. The van der Waals surface area contributed by atoms with Crippen molar-refractivity contribution in [2.45, 2.75) is 26.2 Å². The van der Waals surface area contributed by atoms with Crippen LogP contribution in [0.1, 0.15) is 37.5 Å². The highest BCUT2D eigenvalue weighted by molar-refractivity contribution is 7.14. The number of amides is 1. The zero-order valence-corrected chi connectivity index (χ0v) is 14.0. The highest BCUT2D eigenvalue weighted by atomic mass is 32.1. The number of anilines is 1. The Morgan fingerprint density at radius 3 is 2.52 bits per heavy atom. The van der Waals surface area contributed by atoms with Gasteiger partial charge < -0.3 is 5.32 Å². The highest BCUT2D eigenvalue weighted by Gasteiger charge is 2.22. The van der Waals surface area contributed by atoms with E-state index in [9.17, 15) is 14.4 Å². The zero-order chi connectivity index (χ0) is 17.0. The summed E-state index contributed by atoms with van der Waals surface area (Å²) in [7, 11) is 0. The number of rotatable bonds is 3. The lowest BCUT2D eigenvalue weighted by molar-refractivity contribution is -0.111. The van der Waals surface area contributed by atoms with Gasteiger partial charge in [0.15, 0.2) is 0 Å². The van der Waals surface area contributed by atoms with E-state index in [0.29, 0.717) is 10.6 Å². The van der Waals surface area contributed by atoms with Gasteiger partial charge in [0.1, 0.15) is 16.9 Å². The van der Waals surface area contributed by atoms with Crippen LogP contribution in [0.15, 0.2) is 35.7 Å². The van der Waals surface area contributed by atoms with Crippen molar-refractivity contribution in [3.8, 4) is 6.07 Å². The molecule has 0 fully saturated rings. The number of nitriles is 1. The van der Waals surface area contributed by atoms with Crippen LogP contribution in [-0.2, 0) is 10.2 Å². The van der Waals surface area contributed by atoms with Crippen LogP contribution in [0.4, 0.5) is 9.39 Å². The first-order chi connectivity index (χ1) is 10.8. The zero-order valence-electron chi connectivity index (χ0n) is 13.2. The van der Waals surface area contributed by atoms with Crippen LogP contribution in [0.5, 0.6) is 0 Å². The van der Waals surface area contributed by atoms with E-state index >= 15 is 0 Å². The molecule has 0 unspecified atom stereocenters. The first-order valence-corrected chi connectivity index (χ1v) is 7.96. The van der Waals surface area contributed by atoms with Gasteiger partial charge in [-0.1, -0.05) is 32.9 Å². The highest BCUT2D eigenvalue weighted by Crippen LogP contribution is 2.35. The molecule has 3 nitrogen and oxygen atoms in total.